The lowest BCUT2D eigenvalue weighted by Gasteiger charge is -2.23. The molecule has 2 aliphatic rings. The molecule has 2 aliphatic heterocycles. The fraction of sp³-hybridized carbons (Fsp3) is 0.0476. The number of nitrogens with zero attached hydrogens (tertiary/aromatic N) is 2. The number of carbonyl (C=O) groups excluding carboxylic acids is 4. The highest BCUT2D eigenvalue weighted by atomic mass is 35.5. The number of anilines is 2. The molecule has 0 radical (unpaired) electrons. The first-order valence-electron chi connectivity index (χ1n) is 8.76. The van der Waals surface area contributed by atoms with Crippen molar-refractivity contribution in [3.8, 4) is 0 Å². The number of carbonyl (C=O) groups is 4. The van der Waals surface area contributed by atoms with Crippen LogP contribution in [0.3, 0.4) is 0 Å². The summed E-state index contributed by atoms with van der Waals surface area (Å²) in [5.41, 5.74) is 1.13. The van der Waals surface area contributed by atoms with Crippen molar-refractivity contribution >= 4 is 81.4 Å². The lowest BCUT2D eigenvalue weighted by Crippen LogP contribution is -2.32. The Morgan fingerprint density at radius 3 is 1.19 bits per heavy atom. The molecule has 0 spiro atoms. The number of hydrogen-bond acceptors (Lipinski definition) is 4. The van der Waals surface area contributed by atoms with E-state index in [4.69, 9.17) is 46.4 Å². The summed E-state index contributed by atoms with van der Waals surface area (Å²) in [7, 11) is 0. The smallest absolute Gasteiger partial charge is 0.258 e. The van der Waals surface area contributed by atoms with Gasteiger partial charge in [0.2, 0.25) is 0 Å². The first kappa shape index (κ1) is 21.6. The van der Waals surface area contributed by atoms with E-state index in [0.29, 0.717) is 11.1 Å². The van der Waals surface area contributed by atoms with Crippen molar-refractivity contribution < 1.29 is 19.2 Å². The molecule has 0 aromatic heterocycles. The van der Waals surface area contributed by atoms with Crippen LogP contribution in [0.5, 0.6) is 0 Å². The summed E-state index contributed by atoms with van der Waals surface area (Å²) in [6.45, 7) is 0. The Morgan fingerprint density at radius 2 is 0.871 bits per heavy atom. The summed E-state index contributed by atoms with van der Waals surface area (Å²) in [4.78, 5) is 51.0. The van der Waals surface area contributed by atoms with Crippen molar-refractivity contribution in [2.75, 3.05) is 9.80 Å². The Balaban J connectivity index is 1.87. The molecule has 2 heterocycles. The van der Waals surface area contributed by atoms with E-state index in [2.05, 4.69) is 0 Å². The van der Waals surface area contributed by atoms with Gasteiger partial charge in [-0.1, -0.05) is 58.5 Å². The van der Waals surface area contributed by atoms with Crippen LogP contribution in [0.4, 0.5) is 11.4 Å². The van der Waals surface area contributed by atoms with E-state index < -0.39 is 23.6 Å². The average molecular weight is 496 g/mol. The maximum atomic E-state index is 12.3. The summed E-state index contributed by atoms with van der Waals surface area (Å²) in [6, 6.07) is 6.24. The number of rotatable bonds is 4. The molecule has 6 nitrogen and oxygen atoms in total. The lowest BCUT2D eigenvalue weighted by atomic mass is 10.00. The van der Waals surface area contributed by atoms with Crippen molar-refractivity contribution in [2.24, 2.45) is 0 Å². The van der Waals surface area contributed by atoms with Crippen LogP contribution in [0, 0.1) is 0 Å². The SMILES string of the molecule is O=C1C=CC(=O)N1c1c(Cc2ccc(Cl)c(Cl)c2N2C(=O)C=CC2=O)ccc(Cl)c1Cl. The predicted octanol–water partition coefficient (Wildman–Crippen LogP) is 4.75. The number of benzene rings is 2. The normalized spacial score (nSPS) is 15.7. The maximum absolute atomic E-state index is 12.3. The Labute approximate surface area is 196 Å². The molecule has 0 atom stereocenters. The lowest BCUT2D eigenvalue weighted by molar-refractivity contribution is -0.121. The minimum Gasteiger partial charge on any atom is -0.269 e. The van der Waals surface area contributed by atoms with Gasteiger partial charge in [-0.15, -0.1) is 0 Å². The quantitative estimate of drug-likeness (QED) is 0.573. The van der Waals surface area contributed by atoms with Gasteiger partial charge in [0.1, 0.15) is 0 Å². The fourth-order valence-electron chi connectivity index (χ4n) is 3.38. The van der Waals surface area contributed by atoms with Gasteiger partial charge >= 0.3 is 0 Å². The molecule has 156 valence electrons. The summed E-state index contributed by atoms with van der Waals surface area (Å²) in [6.07, 6.45) is 4.57. The van der Waals surface area contributed by atoms with Gasteiger partial charge in [0.25, 0.3) is 23.6 Å². The standard InChI is InChI=1S/C21H10Cl4N2O4/c22-12-3-1-10(20(18(12)24)26-14(28)5-6-15(26)29)9-11-2-4-13(23)19(25)21(11)27-16(30)7-8-17(27)31/h1-8H,9H2. The molecule has 2 aromatic rings. The first-order valence-corrected chi connectivity index (χ1v) is 10.3. The second kappa shape index (κ2) is 8.13. The monoisotopic (exact) mass is 494 g/mol. The van der Waals surface area contributed by atoms with Crippen molar-refractivity contribution in [1.82, 2.24) is 0 Å². The van der Waals surface area contributed by atoms with Crippen LogP contribution in [0.2, 0.25) is 20.1 Å². The number of hydrogen-bond donors (Lipinski definition) is 0. The molecule has 31 heavy (non-hydrogen) atoms. The molecule has 0 aliphatic carbocycles. The van der Waals surface area contributed by atoms with Gasteiger partial charge in [0.05, 0.1) is 31.5 Å². The van der Waals surface area contributed by atoms with Crippen LogP contribution in [-0.2, 0) is 25.6 Å². The van der Waals surface area contributed by atoms with Crippen molar-refractivity contribution in [3.05, 3.63) is 79.8 Å². The summed E-state index contributed by atoms with van der Waals surface area (Å²) in [5.74, 6) is -2.28. The predicted molar refractivity (Wildman–Crippen MR) is 119 cm³/mol. The molecule has 10 heteroatoms. The van der Waals surface area contributed by atoms with Crippen molar-refractivity contribution in [2.45, 2.75) is 6.42 Å². The molecule has 4 rings (SSSR count). The van der Waals surface area contributed by atoms with Crippen molar-refractivity contribution in [3.63, 3.8) is 0 Å². The Kier molecular flexibility index (Phi) is 5.66. The van der Waals surface area contributed by atoms with Crippen LogP contribution in [-0.4, -0.2) is 23.6 Å². The average Bonchev–Trinajstić information content (AvgIpc) is 3.23. The second-order valence-corrected chi connectivity index (χ2v) is 8.18. The minimum absolute atomic E-state index is 0.0150. The summed E-state index contributed by atoms with van der Waals surface area (Å²) in [5, 5.41) is 0.329. The zero-order valence-corrected chi connectivity index (χ0v) is 18.4. The number of amides is 4. The molecular weight excluding hydrogens is 486 g/mol. The van der Waals surface area contributed by atoms with E-state index in [1.165, 1.54) is 12.1 Å². The van der Waals surface area contributed by atoms with E-state index in [1.807, 2.05) is 0 Å². The van der Waals surface area contributed by atoms with Crippen LogP contribution >= 0.6 is 46.4 Å². The Hall–Kier alpha value is -2.64. The third-order valence-corrected chi connectivity index (χ3v) is 6.34. The molecule has 4 amide bonds. The van der Waals surface area contributed by atoms with Gasteiger partial charge in [-0.25, -0.2) is 9.80 Å². The Morgan fingerprint density at radius 1 is 0.548 bits per heavy atom. The maximum Gasteiger partial charge on any atom is 0.258 e. The molecule has 0 saturated carbocycles. The molecule has 0 unspecified atom stereocenters. The molecular formula is C21H10Cl4N2O4. The van der Waals surface area contributed by atoms with Gasteiger partial charge in [-0.3, -0.25) is 19.2 Å². The van der Waals surface area contributed by atoms with Gasteiger partial charge in [0, 0.05) is 30.7 Å². The molecule has 0 bridgehead atoms. The largest absolute Gasteiger partial charge is 0.269 e. The number of halogens is 4. The third-order valence-electron chi connectivity index (χ3n) is 4.75. The fourth-order valence-corrected chi connectivity index (χ4v) is 4.22. The van der Waals surface area contributed by atoms with E-state index >= 15 is 0 Å². The highest BCUT2D eigenvalue weighted by Crippen LogP contribution is 2.42. The van der Waals surface area contributed by atoms with E-state index in [9.17, 15) is 19.2 Å². The first-order chi connectivity index (χ1) is 14.7. The highest BCUT2D eigenvalue weighted by Gasteiger charge is 2.33. The van der Waals surface area contributed by atoms with Crippen LogP contribution < -0.4 is 9.80 Å². The zero-order valence-electron chi connectivity index (χ0n) is 15.4. The third kappa shape index (κ3) is 3.66. The van der Waals surface area contributed by atoms with Crippen LogP contribution in [0.25, 0.3) is 0 Å². The van der Waals surface area contributed by atoms with Crippen molar-refractivity contribution in [1.29, 1.82) is 0 Å². The zero-order chi connectivity index (χ0) is 22.4. The van der Waals surface area contributed by atoms with E-state index in [1.54, 1.807) is 12.1 Å². The minimum atomic E-state index is -0.570. The summed E-state index contributed by atoms with van der Waals surface area (Å²) >= 11 is 25.0. The van der Waals surface area contributed by atoms with Gasteiger partial charge in [-0.05, 0) is 23.3 Å². The van der Waals surface area contributed by atoms with Crippen LogP contribution in [0.1, 0.15) is 11.1 Å². The Bertz CT molecular complexity index is 1120. The van der Waals surface area contributed by atoms with Crippen LogP contribution in [0.15, 0.2) is 48.6 Å². The van der Waals surface area contributed by atoms with Gasteiger partial charge in [-0.2, -0.15) is 0 Å². The molecule has 0 saturated heterocycles. The molecule has 2 aromatic carbocycles. The molecule has 0 fully saturated rings. The highest BCUT2D eigenvalue weighted by molar-refractivity contribution is 6.46. The van der Waals surface area contributed by atoms with E-state index in [0.717, 1.165) is 34.1 Å². The topological polar surface area (TPSA) is 74.8 Å². The molecule has 0 N–H and O–H groups in total. The van der Waals surface area contributed by atoms with Gasteiger partial charge in [0.15, 0.2) is 0 Å². The van der Waals surface area contributed by atoms with Gasteiger partial charge < -0.3 is 0 Å². The number of imide groups is 2. The van der Waals surface area contributed by atoms with E-state index in [-0.39, 0.29) is 37.9 Å². The second-order valence-electron chi connectivity index (χ2n) is 6.61. The summed E-state index contributed by atoms with van der Waals surface area (Å²) < 4.78 is 0.